The van der Waals surface area contributed by atoms with Crippen molar-refractivity contribution < 1.29 is 9.90 Å². The first-order valence-corrected chi connectivity index (χ1v) is 12.4. The molecule has 0 bridgehead atoms. The van der Waals surface area contributed by atoms with Crippen LogP contribution >= 0.6 is 0 Å². The van der Waals surface area contributed by atoms with Crippen LogP contribution in [0.5, 0.6) is 0 Å². The SMILES string of the molecule is CC(C)[C@@H](C)C=C[C@@H](C)[C@H]1CC[C@H]2C3=C(CC[C@]12C)[C@@]1(C)CCC(O)CC1=CC3=O. The highest BCUT2D eigenvalue weighted by Gasteiger charge is 2.56. The van der Waals surface area contributed by atoms with Crippen molar-refractivity contribution in [2.75, 3.05) is 0 Å². The second kappa shape index (κ2) is 7.76. The molecule has 4 aliphatic rings. The van der Waals surface area contributed by atoms with Gasteiger partial charge in [-0.05, 0) is 86.0 Å². The summed E-state index contributed by atoms with van der Waals surface area (Å²) in [5, 5.41) is 10.2. The van der Waals surface area contributed by atoms with E-state index in [0.29, 0.717) is 36.0 Å². The van der Waals surface area contributed by atoms with Crippen molar-refractivity contribution in [3.63, 3.8) is 0 Å². The Morgan fingerprint density at radius 2 is 1.80 bits per heavy atom. The zero-order chi connectivity index (χ0) is 21.8. The van der Waals surface area contributed by atoms with Gasteiger partial charge in [0.25, 0.3) is 0 Å². The highest BCUT2D eigenvalue weighted by atomic mass is 16.3. The topological polar surface area (TPSA) is 37.3 Å². The van der Waals surface area contributed by atoms with Crippen molar-refractivity contribution in [1.82, 2.24) is 0 Å². The molecule has 0 aromatic carbocycles. The number of rotatable bonds is 4. The van der Waals surface area contributed by atoms with Crippen molar-refractivity contribution >= 4 is 5.78 Å². The summed E-state index contributed by atoms with van der Waals surface area (Å²) >= 11 is 0. The second-order valence-electron chi connectivity index (χ2n) is 11.7. The molecule has 30 heavy (non-hydrogen) atoms. The fraction of sp³-hybridized carbons (Fsp3) is 0.750. The summed E-state index contributed by atoms with van der Waals surface area (Å²) < 4.78 is 0. The van der Waals surface area contributed by atoms with Gasteiger partial charge in [-0.15, -0.1) is 0 Å². The molecule has 4 rings (SSSR count). The highest BCUT2D eigenvalue weighted by molar-refractivity contribution is 6.07. The van der Waals surface area contributed by atoms with Crippen LogP contribution in [0.3, 0.4) is 0 Å². The van der Waals surface area contributed by atoms with Crippen LogP contribution in [0.4, 0.5) is 0 Å². The lowest BCUT2D eigenvalue weighted by Gasteiger charge is -2.51. The summed E-state index contributed by atoms with van der Waals surface area (Å²) in [6.07, 6.45) is 13.7. The van der Waals surface area contributed by atoms with Gasteiger partial charge < -0.3 is 5.11 Å². The average molecular weight is 411 g/mol. The number of hydrogen-bond donors (Lipinski definition) is 1. The molecule has 166 valence electrons. The molecule has 2 fully saturated rings. The maximum absolute atomic E-state index is 13.4. The molecule has 2 nitrogen and oxygen atoms in total. The van der Waals surface area contributed by atoms with Crippen LogP contribution < -0.4 is 0 Å². The second-order valence-corrected chi connectivity index (χ2v) is 11.7. The summed E-state index contributed by atoms with van der Waals surface area (Å²) in [6, 6.07) is 0. The van der Waals surface area contributed by atoms with Crippen LogP contribution in [0.2, 0.25) is 0 Å². The molecule has 0 heterocycles. The maximum Gasteiger partial charge on any atom is 0.182 e. The molecule has 0 aromatic heterocycles. The minimum atomic E-state index is -0.273. The lowest BCUT2D eigenvalue weighted by Crippen LogP contribution is -2.44. The summed E-state index contributed by atoms with van der Waals surface area (Å²) in [6.45, 7) is 14.1. The fourth-order valence-electron chi connectivity index (χ4n) is 7.30. The van der Waals surface area contributed by atoms with Crippen molar-refractivity contribution in [3.8, 4) is 0 Å². The van der Waals surface area contributed by atoms with Gasteiger partial charge in [0.2, 0.25) is 0 Å². The van der Waals surface area contributed by atoms with E-state index in [1.54, 1.807) is 0 Å². The van der Waals surface area contributed by atoms with Crippen molar-refractivity contribution in [1.29, 1.82) is 0 Å². The van der Waals surface area contributed by atoms with Crippen LogP contribution in [-0.4, -0.2) is 17.0 Å². The first-order valence-electron chi connectivity index (χ1n) is 12.4. The van der Waals surface area contributed by atoms with Crippen molar-refractivity contribution in [3.05, 3.63) is 34.9 Å². The van der Waals surface area contributed by atoms with E-state index in [1.807, 2.05) is 6.08 Å². The van der Waals surface area contributed by atoms with E-state index in [-0.39, 0.29) is 22.7 Å². The molecule has 1 N–H and O–H groups in total. The Morgan fingerprint density at radius 1 is 1.07 bits per heavy atom. The van der Waals surface area contributed by atoms with Crippen LogP contribution in [-0.2, 0) is 4.79 Å². The zero-order valence-corrected chi connectivity index (χ0v) is 20.0. The number of hydrogen-bond acceptors (Lipinski definition) is 2. The van der Waals surface area contributed by atoms with Gasteiger partial charge in [0.1, 0.15) is 0 Å². The molecule has 2 saturated carbocycles. The minimum absolute atomic E-state index is 0.0140. The molecule has 2 heteroatoms. The Kier molecular flexibility index (Phi) is 5.71. The Bertz CT molecular complexity index is 799. The van der Waals surface area contributed by atoms with E-state index in [9.17, 15) is 9.90 Å². The summed E-state index contributed by atoms with van der Waals surface area (Å²) in [5.41, 5.74) is 4.06. The molecule has 1 unspecified atom stereocenters. The Morgan fingerprint density at radius 3 is 2.50 bits per heavy atom. The van der Waals surface area contributed by atoms with Crippen molar-refractivity contribution in [2.24, 2.45) is 40.4 Å². The highest BCUT2D eigenvalue weighted by Crippen LogP contribution is 2.64. The van der Waals surface area contributed by atoms with E-state index >= 15 is 0 Å². The summed E-state index contributed by atoms with van der Waals surface area (Å²) in [4.78, 5) is 13.4. The van der Waals surface area contributed by atoms with Crippen LogP contribution in [0.25, 0.3) is 0 Å². The third kappa shape index (κ3) is 3.38. The lowest BCUT2D eigenvalue weighted by atomic mass is 9.53. The average Bonchev–Trinajstić information content (AvgIpc) is 3.04. The zero-order valence-electron chi connectivity index (χ0n) is 20.0. The van der Waals surface area contributed by atoms with E-state index in [2.05, 4.69) is 53.7 Å². The van der Waals surface area contributed by atoms with Gasteiger partial charge in [-0.1, -0.05) is 64.8 Å². The number of aliphatic hydroxyl groups excluding tert-OH is 1. The third-order valence-electron chi connectivity index (χ3n) is 9.78. The van der Waals surface area contributed by atoms with Crippen LogP contribution in [0, 0.1) is 40.4 Å². The quantitative estimate of drug-likeness (QED) is 0.527. The normalized spacial score (nSPS) is 40.9. The van der Waals surface area contributed by atoms with E-state index < -0.39 is 0 Å². The van der Waals surface area contributed by atoms with Gasteiger partial charge in [0.15, 0.2) is 5.78 Å². The Balaban J connectivity index is 1.62. The molecular weight excluding hydrogens is 368 g/mol. The molecule has 4 aliphatic carbocycles. The fourth-order valence-corrected chi connectivity index (χ4v) is 7.30. The monoisotopic (exact) mass is 410 g/mol. The number of aliphatic hydroxyl groups is 1. The first kappa shape index (κ1) is 22.1. The van der Waals surface area contributed by atoms with E-state index in [0.717, 1.165) is 25.7 Å². The number of ketones is 1. The smallest absolute Gasteiger partial charge is 0.182 e. The predicted molar refractivity (Wildman–Crippen MR) is 124 cm³/mol. The molecule has 0 spiro atoms. The molecule has 0 amide bonds. The third-order valence-corrected chi connectivity index (χ3v) is 9.78. The van der Waals surface area contributed by atoms with Crippen LogP contribution in [0.15, 0.2) is 34.9 Å². The Hall–Kier alpha value is -1.15. The van der Waals surface area contributed by atoms with E-state index in [4.69, 9.17) is 0 Å². The number of allylic oxidation sites excluding steroid dienone is 5. The first-order chi connectivity index (χ1) is 14.1. The van der Waals surface area contributed by atoms with Gasteiger partial charge in [0, 0.05) is 11.0 Å². The maximum atomic E-state index is 13.4. The standard InChI is InChI=1S/C28H42O2/c1-17(2)18(3)7-8-19(4)22-9-10-23-26-24(12-14-28(22,23)6)27(5)13-11-21(29)15-20(27)16-25(26)30/h7-8,16-19,21-23,29H,9-15H2,1-6H3/t18-,19+,21?,22+,23-,27-,28+/m0/s1. The van der Waals surface area contributed by atoms with Gasteiger partial charge in [0.05, 0.1) is 6.10 Å². The summed E-state index contributed by atoms with van der Waals surface area (Å²) in [5.74, 6) is 3.19. The number of fused-ring (bicyclic) bond motifs is 4. The van der Waals surface area contributed by atoms with E-state index in [1.165, 1.54) is 29.6 Å². The molecule has 0 saturated heterocycles. The van der Waals surface area contributed by atoms with Crippen molar-refractivity contribution in [2.45, 2.75) is 92.6 Å². The van der Waals surface area contributed by atoms with Gasteiger partial charge in [-0.25, -0.2) is 0 Å². The van der Waals surface area contributed by atoms with Gasteiger partial charge in [-0.3, -0.25) is 4.79 Å². The Labute approximate surface area is 183 Å². The minimum Gasteiger partial charge on any atom is -0.393 e. The van der Waals surface area contributed by atoms with Gasteiger partial charge >= 0.3 is 0 Å². The molecule has 0 radical (unpaired) electrons. The summed E-state index contributed by atoms with van der Waals surface area (Å²) in [7, 11) is 0. The van der Waals surface area contributed by atoms with Crippen LogP contribution in [0.1, 0.15) is 86.5 Å². The predicted octanol–water partition coefficient (Wildman–Crippen LogP) is 6.65. The number of carbonyl (C=O) groups is 1. The molecule has 7 atom stereocenters. The number of carbonyl (C=O) groups excluding carboxylic acids is 1. The lowest BCUT2D eigenvalue weighted by molar-refractivity contribution is -0.113. The molecule has 0 aromatic rings. The molecule has 0 aliphatic heterocycles. The van der Waals surface area contributed by atoms with Gasteiger partial charge in [-0.2, -0.15) is 0 Å². The molecular formula is C28H42O2. The largest absolute Gasteiger partial charge is 0.393 e.